The second kappa shape index (κ2) is 11.7. The van der Waals surface area contributed by atoms with E-state index in [1.54, 1.807) is 34.5 Å². The fourth-order valence-electron chi connectivity index (χ4n) is 3.93. The Balaban J connectivity index is 1.66. The number of nitrogens with one attached hydrogen (secondary N) is 2. The molecule has 0 aliphatic carbocycles. The van der Waals surface area contributed by atoms with Crippen molar-refractivity contribution in [1.29, 1.82) is 0 Å². The molecule has 0 spiro atoms. The Morgan fingerprint density at radius 3 is 2.00 bits per heavy atom. The number of ether oxygens (including phenoxy) is 4. The molecule has 0 atom stereocenters. The number of hydrogen-bond acceptors (Lipinski definition) is 6. The molecule has 0 saturated heterocycles. The van der Waals surface area contributed by atoms with E-state index in [0.29, 0.717) is 34.2 Å². The highest BCUT2D eigenvalue weighted by atomic mass is 32.1. The summed E-state index contributed by atoms with van der Waals surface area (Å²) >= 11 is 5.79. The lowest BCUT2D eigenvalue weighted by molar-refractivity contribution is 0.355. The normalized spacial score (nSPS) is 10.6. The summed E-state index contributed by atoms with van der Waals surface area (Å²) in [5.41, 5.74) is 2.85. The highest BCUT2D eigenvalue weighted by Crippen LogP contribution is 2.31. The summed E-state index contributed by atoms with van der Waals surface area (Å²) < 4.78 is 21.3. The molecule has 9 heteroatoms. The number of aromatic nitrogens is 1. The van der Waals surface area contributed by atoms with Gasteiger partial charge in [-0.3, -0.25) is 4.79 Å². The molecule has 37 heavy (non-hydrogen) atoms. The van der Waals surface area contributed by atoms with E-state index in [9.17, 15) is 4.79 Å². The maximum atomic E-state index is 13.1. The average molecular weight is 520 g/mol. The molecule has 1 aromatic heterocycles. The van der Waals surface area contributed by atoms with Gasteiger partial charge in [0.05, 0.1) is 40.5 Å². The quantitative estimate of drug-likeness (QED) is 0.300. The molecule has 4 aromatic rings. The van der Waals surface area contributed by atoms with Crippen LogP contribution in [0.2, 0.25) is 0 Å². The summed E-state index contributed by atoms with van der Waals surface area (Å²) in [6, 6.07) is 20.7. The largest absolute Gasteiger partial charge is 0.497 e. The Labute approximate surface area is 220 Å². The predicted molar refractivity (Wildman–Crippen MR) is 149 cm³/mol. The number of fused-ring (bicyclic) bond motifs is 1. The van der Waals surface area contributed by atoms with E-state index in [1.807, 2.05) is 65.6 Å². The van der Waals surface area contributed by atoms with Crippen LogP contribution in [0.15, 0.2) is 71.5 Å². The summed E-state index contributed by atoms with van der Waals surface area (Å²) in [6.07, 6.45) is 0. The van der Waals surface area contributed by atoms with Crippen molar-refractivity contribution in [3.05, 3.63) is 88.2 Å². The minimum atomic E-state index is -0.202. The molecule has 8 nitrogen and oxygen atoms in total. The molecule has 192 valence electrons. The maximum absolute atomic E-state index is 13.1. The molecule has 0 bridgehead atoms. The van der Waals surface area contributed by atoms with E-state index < -0.39 is 0 Å². The van der Waals surface area contributed by atoms with Crippen LogP contribution in [0.25, 0.3) is 10.9 Å². The van der Waals surface area contributed by atoms with Gasteiger partial charge in [0.2, 0.25) is 0 Å². The van der Waals surface area contributed by atoms with Gasteiger partial charge in [0.15, 0.2) is 16.6 Å². The van der Waals surface area contributed by atoms with Crippen molar-refractivity contribution >= 4 is 33.9 Å². The lowest BCUT2D eigenvalue weighted by Gasteiger charge is -2.26. The Kier molecular flexibility index (Phi) is 8.15. The third-order valence-corrected chi connectivity index (χ3v) is 6.31. The van der Waals surface area contributed by atoms with Crippen molar-refractivity contribution < 1.29 is 18.9 Å². The molecule has 3 aromatic carbocycles. The molecule has 0 unspecified atom stereocenters. The van der Waals surface area contributed by atoms with Crippen LogP contribution >= 0.6 is 12.2 Å². The number of benzene rings is 3. The van der Waals surface area contributed by atoms with Gasteiger partial charge in [0.25, 0.3) is 5.56 Å². The van der Waals surface area contributed by atoms with Crippen LogP contribution in [0.1, 0.15) is 11.1 Å². The van der Waals surface area contributed by atoms with Gasteiger partial charge < -0.3 is 34.1 Å². The smallest absolute Gasteiger partial charge is 0.253 e. The van der Waals surface area contributed by atoms with E-state index >= 15 is 0 Å². The highest BCUT2D eigenvalue weighted by molar-refractivity contribution is 7.80. The first-order valence-corrected chi connectivity index (χ1v) is 12.0. The topological polar surface area (TPSA) is 85.0 Å². The fourth-order valence-corrected chi connectivity index (χ4v) is 4.18. The fraction of sp³-hybridized carbons (Fsp3) is 0.214. The van der Waals surface area contributed by atoms with E-state index in [0.717, 1.165) is 28.1 Å². The summed E-state index contributed by atoms with van der Waals surface area (Å²) in [5.74, 6) is 2.65. The zero-order chi connectivity index (χ0) is 26.4. The Morgan fingerprint density at radius 2 is 1.41 bits per heavy atom. The summed E-state index contributed by atoms with van der Waals surface area (Å²) in [4.78, 5) is 18.0. The minimum Gasteiger partial charge on any atom is -0.497 e. The monoisotopic (exact) mass is 519 g/mol. The van der Waals surface area contributed by atoms with Gasteiger partial charge in [-0.2, -0.15) is 0 Å². The van der Waals surface area contributed by atoms with Gasteiger partial charge in [0, 0.05) is 29.2 Å². The third kappa shape index (κ3) is 6.13. The van der Waals surface area contributed by atoms with Crippen molar-refractivity contribution in [2.24, 2.45) is 0 Å². The molecule has 4 rings (SSSR count). The van der Waals surface area contributed by atoms with E-state index in [2.05, 4.69) is 10.3 Å². The average Bonchev–Trinajstić information content (AvgIpc) is 2.93. The number of aromatic amines is 1. The lowest BCUT2D eigenvalue weighted by Crippen LogP contribution is -2.35. The predicted octanol–water partition coefficient (Wildman–Crippen LogP) is 4.96. The Bertz CT molecular complexity index is 1440. The first-order valence-electron chi connectivity index (χ1n) is 11.5. The van der Waals surface area contributed by atoms with Crippen LogP contribution in [-0.2, 0) is 13.1 Å². The molecule has 1 heterocycles. The lowest BCUT2D eigenvalue weighted by atomic mass is 10.1. The van der Waals surface area contributed by atoms with Crippen LogP contribution in [0.5, 0.6) is 23.0 Å². The number of nitrogens with zero attached hydrogens (tertiary/aromatic N) is 1. The molecular weight excluding hydrogens is 490 g/mol. The van der Waals surface area contributed by atoms with Crippen molar-refractivity contribution in [3.63, 3.8) is 0 Å². The van der Waals surface area contributed by atoms with Gasteiger partial charge in [-0.15, -0.1) is 0 Å². The van der Waals surface area contributed by atoms with Gasteiger partial charge in [-0.05, 0) is 66.3 Å². The number of thiocarbonyl (C=S) groups is 1. The van der Waals surface area contributed by atoms with Gasteiger partial charge in [0.1, 0.15) is 11.5 Å². The van der Waals surface area contributed by atoms with Crippen molar-refractivity contribution in [1.82, 2.24) is 9.88 Å². The van der Waals surface area contributed by atoms with Gasteiger partial charge in [-0.1, -0.05) is 12.1 Å². The molecule has 0 saturated carbocycles. The summed E-state index contributed by atoms with van der Waals surface area (Å²) in [6.45, 7) is 0.767. The number of H-pyrrole nitrogens is 1. The van der Waals surface area contributed by atoms with Gasteiger partial charge in [-0.25, -0.2) is 0 Å². The van der Waals surface area contributed by atoms with Gasteiger partial charge >= 0.3 is 0 Å². The SMILES string of the molecule is COc1ccc(CN(Cc2cc3cc(OC)c(OC)cc3[nH]c2=O)C(=S)Nc2ccc(OC)cc2)cc1. The highest BCUT2D eigenvalue weighted by Gasteiger charge is 2.16. The Hall–Kier alpha value is -4.24. The van der Waals surface area contributed by atoms with Crippen LogP contribution in [0.4, 0.5) is 5.69 Å². The molecule has 0 aliphatic rings. The van der Waals surface area contributed by atoms with Crippen LogP contribution in [0, 0.1) is 0 Å². The van der Waals surface area contributed by atoms with E-state index in [-0.39, 0.29) is 12.1 Å². The maximum Gasteiger partial charge on any atom is 0.253 e. The number of methoxy groups -OCH3 is 4. The zero-order valence-electron chi connectivity index (χ0n) is 21.2. The molecule has 2 N–H and O–H groups in total. The second-order valence-corrected chi connectivity index (χ2v) is 8.67. The number of hydrogen-bond donors (Lipinski definition) is 2. The van der Waals surface area contributed by atoms with Crippen LogP contribution in [-0.4, -0.2) is 43.4 Å². The molecule has 0 radical (unpaired) electrons. The third-order valence-electron chi connectivity index (χ3n) is 5.95. The first kappa shape index (κ1) is 25.8. The minimum absolute atomic E-state index is 0.202. The molecular formula is C28H29N3O5S. The van der Waals surface area contributed by atoms with Crippen molar-refractivity contribution in [2.45, 2.75) is 13.1 Å². The number of pyridine rings is 1. The Morgan fingerprint density at radius 1 is 0.811 bits per heavy atom. The number of anilines is 1. The second-order valence-electron chi connectivity index (χ2n) is 8.28. The first-order chi connectivity index (χ1) is 17.9. The van der Waals surface area contributed by atoms with Crippen LogP contribution < -0.4 is 29.8 Å². The standard InChI is InChI=1S/C28H29N3O5S/c1-33-22-9-5-18(6-10-22)16-31(28(37)29-21-7-11-23(34-2)12-8-21)17-20-13-19-14-25(35-3)26(36-4)15-24(19)30-27(20)32/h5-15H,16-17H2,1-4H3,(H,29,37)(H,30,32). The zero-order valence-corrected chi connectivity index (χ0v) is 22.0. The van der Waals surface area contributed by atoms with Crippen molar-refractivity contribution in [2.75, 3.05) is 33.8 Å². The molecule has 0 fully saturated rings. The van der Waals surface area contributed by atoms with E-state index in [1.165, 1.54) is 0 Å². The van der Waals surface area contributed by atoms with Crippen molar-refractivity contribution in [3.8, 4) is 23.0 Å². The molecule has 0 amide bonds. The summed E-state index contributed by atoms with van der Waals surface area (Å²) in [7, 11) is 6.39. The van der Waals surface area contributed by atoms with Crippen LogP contribution in [0.3, 0.4) is 0 Å². The summed E-state index contributed by atoms with van der Waals surface area (Å²) in [5, 5.41) is 4.58. The van der Waals surface area contributed by atoms with E-state index in [4.69, 9.17) is 31.2 Å². The number of rotatable bonds is 9. The molecule has 0 aliphatic heterocycles.